The van der Waals surface area contributed by atoms with E-state index in [2.05, 4.69) is 5.32 Å². The molecule has 0 unspecified atom stereocenters. The smallest absolute Gasteiger partial charge is 0.257 e. The Morgan fingerprint density at radius 1 is 1.38 bits per heavy atom. The van der Waals surface area contributed by atoms with Gasteiger partial charge in [0.15, 0.2) is 18.2 Å². The van der Waals surface area contributed by atoms with E-state index in [0.29, 0.717) is 6.54 Å². The van der Waals surface area contributed by atoms with Gasteiger partial charge in [-0.1, -0.05) is 6.92 Å². The van der Waals surface area contributed by atoms with Gasteiger partial charge in [0.2, 0.25) is 0 Å². The summed E-state index contributed by atoms with van der Waals surface area (Å²) < 4.78 is 30.3. The Labute approximate surface area is 92.4 Å². The van der Waals surface area contributed by atoms with E-state index >= 15 is 0 Å². The van der Waals surface area contributed by atoms with Crippen molar-refractivity contribution in [2.45, 2.75) is 13.3 Å². The minimum atomic E-state index is -0.994. The lowest BCUT2D eigenvalue weighted by Crippen LogP contribution is -2.29. The summed E-state index contributed by atoms with van der Waals surface area (Å²) in [5.74, 6) is -2.09. The highest BCUT2D eigenvalue weighted by Gasteiger charge is 2.05. The number of carbonyl (C=O) groups is 1. The van der Waals surface area contributed by atoms with Crippen molar-refractivity contribution in [2.75, 3.05) is 13.2 Å². The van der Waals surface area contributed by atoms with Crippen molar-refractivity contribution in [3.63, 3.8) is 0 Å². The van der Waals surface area contributed by atoms with Crippen molar-refractivity contribution in [3.8, 4) is 5.75 Å². The Bertz CT molecular complexity index is 369. The maximum Gasteiger partial charge on any atom is 0.257 e. The summed E-state index contributed by atoms with van der Waals surface area (Å²) >= 11 is 0. The molecule has 1 aromatic rings. The molecule has 0 spiro atoms. The van der Waals surface area contributed by atoms with Crippen LogP contribution in [0.25, 0.3) is 0 Å². The second kappa shape index (κ2) is 6.05. The first kappa shape index (κ1) is 12.4. The number of benzene rings is 1. The number of nitrogens with one attached hydrogen (secondary N) is 1. The largest absolute Gasteiger partial charge is 0.484 e. The summed E-state index contributed by atoms with van der Waals surface area (Å²) in [6, 6.07) is 3.13. The third-order valence-electron chi connectivity index (χ3n) is 1.83. The number of rotatable bonds is 5. The molecule has 0 saturated heterocycles. The third kappa shape index (κ3) is 3.84. The predicted molar refractivity (Wildman–Crippen MR) is 55.2 cm³/mol. The molecule has 5 heteroatoms. The molecule has 1 rings (SSSR count). The zero-order valence-corrected chi connectivity index (χ0v) is 8.93. The standard InChI is InChI=1S/C11H13F2NO2/c1-2-5-14-11(15)7-16-8-3-4-9(12)10(13)6-8/h3-4,6H,2,5,7H2,1H3,(H,14,15). The van der Waals surface area contributed by atoms with Crippen molar-refractivity contribution < 1.29 is 18.3 Å². The van der Waals surface area contributed by atoms with E-state index in [1.165, 1.54) is 6.07 Å². The fourth-order valence-corrected chi connectivity index (χ4v) is 1.03. The second-order valence-electron chi connectivity index (χ2n) is 3.21. The highest BCUT2D eigenvalue weighted by atomic mass is 19.2. The molecule has 1 amide bonds. The highest BCUT2D eigenvalue weighted by Crippen LogP contribution is 2.14. The average molecular weight is 229 g/mol. The lowest BCUT2D eigenvalue weighted by atomic mass is 10.3. The molecule has 0 radical (unpaired) electrons. The Hall–Kier alpha value is -1.65. The van der Waals surface area contributed by atoms with Crippen LogP contribution in [0.15, 0.2) is 18.2 Å². The van der Waals surface area contributed by atoms with Crippen LogP contribution < -0.4 is 10.1 Å². The maximum atomic E-state index is 12.8. The molecule has 0 fully saturated rings. The molecule has 0 atom stereocenters. The first-order valence-corrected chi connectivity index (χ1v) is 4.98. The molecule has 3 nitrogen and oxygen atoms in total. The van der Waals surface area contributed by atoms with E-state index in [9.17, 15) is 13.6 Å². The van der Waals surface area contributed by atoms with E-state index in [1.807, 2.05) is 6.92 Å². The van der Waals surface area contributed by atoms with Crippen molar-refractivity contribution in [3.05, 3.63) is 29.8 Å². The Kier molecular flexibility index (Phi) is 4.69. The van der Waals surface area contributed by atoms with Gasteiger partial charge in [0, 0.05) is 12.6 Å². The summed E-state index contributed by atoms with van der Waals surface area (Å²) in [6.07, 6.45) is 0.830. The number of halogens is 2. The SMILES string of the molecule is CCCNC(=O)COc1ccc(F)c(F)c1. The van der Waals surface area contributed by atoms with Crippen LogP contribution in [0.2, 0.25) is 0 Å². The van der Waals surface area contributed by atoms with Gasteiger partial charge in [-0.3, -0.25) is 4.79 Å². The molecule has 0 bridgehead atoms. The average Bonchev–Trinajstić information content (AvgIpc) is 2.28. The van der Waals surface area contributed by atoms with Crippen LogP contribution in [0, 0.1) is 11.6 Å². The molecule has 0 aliphatic carbocycles. The summed E-state index contributed by atoms with van der Waals surface area (Å²) in [4.78, 5) is 11.1. The molecule has 16 heavy (non-hydrogen) atoms. The maximum absolute atomic E-state index is 12.8. The topological polar surface area (TPSA) is 38.3 Å². The van der Waals surface area contributed by atoms with E-state index in [4.69, 9.17) is 4.74 Å². The number of amides is 1. The molecule has 0 aliphatic rings. The number of hydrogen-bond donors (Lipinski definition) is 1. The summed E-state index contributed by atoms with van der Waals surface area (Å²) in [5, 5.41) is 2.60. The minimum absolute atomic E-state index is 0.130. The van der Waals surface area contributed by atoms with E-state index in [1.54, 1.807) is 0 Å². The zero-order chi connectivity index (χ0) is 12.0. The van der Waals surface area contributed by atoms with Gasteiger partial charge in [-0.05, 0) is 18.6 Å². The molecule has 1 N–H and O–H groups in total. The summed E-state index contributed by atoms with van der Waals surface area (Å²) in [5.41, 5.74) is 0. The van der Waals surface area contributed by atoms with Crippen LogP contribution in [0.3, 0.4) is 0 Å². The number of carbonyl (C=O) groups excluding carboxylic acids is 1. The first-order chi connectivity index (χ1) is 7.63. The fraction of sp³-hybridized carbons (Fsp3) is 0.364. The van der Waals surface area contributed by atoms with Gasteiger partial charge in [-0.25, -0.2) is 8.78 Å². The van der Waals surface area contributed by atoms with Gasteiger partial charge in [0.25, 0.3) is 5.91 Å². The van der Waals surface area contributed by atoms with Crippen LogP contribution >= 0.6 is 0 Å². The lowest BCUT2D eigenvalue weighted by Gasteiger charge is -2.06. The monoisotopic (exact) mass is 229 g/mol. The lowest BCUT2D eigenvalue weighted by molar-refractivity contribution is -0.123. The molecular formula is C11H13F2NO2. The van der Waals surface area contributed by atoms with Gasteiger partial charge in [0.05, 0.1) is 0 Å². The Morgan fingerprint density at radius 2 is 2.12 bits per heavy atom. The first-order valence-electron chi connectivity index (χ1n) is 4.98. The summed E-state index contributed by atoms with van der Waals surface area (Å²) in [7, 11) is 0. The predicted octanol–water partition coefficient (Wildman–Crippen LogP) is 1.87. The molecular weight excluding hydrogens is 216 g/mol. The number of ether oxygens (including phenoxy) is 1. The molecule has 88 valence electrons. The van der Waals surface area contributed by atoms with Gasteiger partial charge < -0.3 is 10.1 Å². The van der Waals surface area contributed by atoms with Crippen molar-refractivity contribution in [2.24, 2.45) is 0 Å². The van der Waals surface area contributed by atoms with Crippen LogP contribution in [0.1, 0.15) is 13.3 Å². The highest BCUT2D eigenvalue weighted by molar-refractivity contribution is 5.77. The van der Waals surface area contributed by atoms with Gasteiger partial charge in [-0.15, -0.1) is 0 Å². The van der Waals surface area contributed by atoms with Crippen molar-refractivity contribution in [1.29, 1.82) is 0 Å². The molecule has 0 heterocycles. The van der Waals surface area contributed by atoms with Crippen LogP contribution in [-0.4, -0.2) is 19.1 Å². The van der Waals surface area contributed by atoms with Crippen molar-refractivity contribution in [1.82, 2.24) is 5.32 Å². The minimum Gasteiger partial charge on any atom is -0.484 e. The van der Waals surface area contributed by atoms with Crippen LogP contribution in [0.5, 0.6) is 5.75 Å². The quantitative estimate of drug-likeness (QED) is 0.837. The van der Waals surface area contributed by atoms with Crippen LogP contribution in [-0.2, 0) is 4.79 Å². The normalized spacial score (nSPS) is 9.94. The van der Waals surface area contributed by atoms with Crippen LogP contribution in [0.4, 0.5) is 8.78 Å². The third-order valence-corrected chi connectivity index (χ3v) is 1.83. The fourth-order valence-electron chi connectivity index (χ4n) is 1.03. The molecule has 0 saturated carbocycles. The van der Waals surface area contributed by atoms with Gasteiger partial charge in [0.1, 0.15) is 5.75 Å². The van der Waals surface area contributed by atoms with E-state index in [-0.39, 0.29) is 18.3 Å². The second-order valence-corrected chi connectivity index (χ2v) is 3.21. The van der Waals surface area contributed by atoms with E-state index in [0.717, 1.165) is 18.6 Å². The molecule has 0 aliphatic heterocycles. The molecule has 1 aromatic carbocycles. The van der Waals surface area contributed by atoms with Gasteiger partial charge >= 0.3 is 0 Å². The Morgan fingerprint density at radius 3 is 2.75 bits per heavy atom. The van der Waals surface area contributed by atoms with Crippen molar-refractivity contribution >= 4 is 5.91 Å². The number of hydrogen-bond acceptors (Lipinski definition) is 2. The summed E-state index contributed by atoms with van der Waals surface area (Å²) in [6.45, 7) is 2.29. The Balaban J connectivity index is 2.42. The van der Waals surface area contributed by atoms with Gasteiger partial charge in [-0.2, -0.15) is 0 Å². The zero-order valence-electron chi connectivity index (χ0n) is 8.93. The van der Waals surface area contributed by atoms with E-state index < -0.39 is 11.6 Å². The molecule has 0 aromatic heterocycles.